The van der Waals surface area contributed by atoms with E-state index in [2.05, 4.69) is 23.2 Å². The van der Waals surface area contributed by atoms with Crippen LogP contribution in [0, 0.1) is 0 Å². The molecular weight excluding hydrogens is 266 g/mol. The second-order valence-corrected chi connectivity index (χ2v) is 5.74. The minimum absolute atomic E-state index is 0.0145. The number of carbonyl (C=O) groups excluding carboxylic acids is 1. The van der Waals surface area contributed by atoms with E-state index in [0.29, 0.717) is 6.54 Å². The zero-order chi connectivity index (χ0) is 14.7. The SMILES string of the molecule is CC1Cc2ccccc2N1C(=O)NCCN1CCOCC1. The van der Waals surface area contributed by atoms with Gasteiger partial charge in [-0.2, -0.15) is 0 Å². The Balaban J connectivity index is 1.53. The highest BCUT2D eigenvalue weighted by Crippen LogP contribution is 2.31. The van der Waals surface area contributed by atoms with Crippen molar-refractivity contribution in [1.82, 2.24) is 10.2 Å². The van der Waals surface area contributed by atoms with Gasteiger partial charge in [-0.25, -0.2) is 4.79 Å². The molecule has 0 bridgehead atoms. The molecule has 0 aromatic heterocycles. The summed E-state index contributed by atoms with van der Waals surface area (Å²) in [6.45, 7) is 7.18. The number of morpholine rings is 1. The smallest absolute Gasteiger partial charge is 0.322 e. The van der Waals surface area contributed by atoms with Gasteiger partial charge in [0.15, 0.2) is 0 Å². The lowest BCUT2D eigenvalue weighted by Gasteiger charge is -2.27. The van der Waals surface area contributed by atoms with Crippen molar-refractivity contribution in [3.63, 3.8) is 0 Å². The summed E-state index contributed by atoms with van der Waals surface area (Å²) in [6, 6.07) is 8.40. The van der Waals surface area contributed by atoms with Gasteiger partial charge in [-0.1, -0.05) is 18.2 Å². The molecule has 0 saturated carbocycles. The first kappa shape index (κ1) is 14.4. The summed E-state index contributed by atoms with van der Waals surface area (Å²) in [5.74, 6) is 0. The summed E-state index contributed by atoms with van der Waals surface area (Å²) in [4.78, 5) is 16.6. The third-order valence-corrected chi connectivity index (χ3v) is 4.23. The van der Waals surface area contributed by atoms with Crippen LogP contribution in [-0.2, 0) is 11.2 Å². The van der Waals surface area contributed by atoms with Gasteiger partial charge < -0.3 is 10.1 Å². The molecule has 5 heteroatoms. The molecule has 1 saturated heterocycles. The number of rotatable bonds is 3. The molecule has 0 aliphatic carbocycles. The van der Waals surface area contributed by atoms with Crippen molar-refractivity contribution in [3.05, 3.63) is 29.8 Å². The van der Waals surface area contributed by atoms with E-state index in [4.69, 9.17) is 4.74 Å². The number of fused-ring (bicyclic) bond motifs is 1. The molecule has 21 heavy (non-hydrogen) atoms. The maximum Gasteiger partial charge on any atom is 0.322 e. The van der Waals surface area contributed by atoms with E-state index >= 15 is 0 Å². The van der Waals surface area contributed by atoms with Crippen LogP contribution in [0.5, 0.6) is 0 Å². The Bertz CT molecular complexity index is 500. The molecular formula is C16H23N3O2. The van der Waals surface area contributed by atoms with E-state index in [0.717, 1.165) is 45.0 Å². The molecule has 1 N–H and O–H groups in total. The van der Waals surface area contributed by atoms with Crippen LogP contribution in [-0.4, -0.2) is 56.4 Å². The number of carbonyl (C=O) groups is 1. The Labute approximate surface area is 125 Å². The Morgan fingerprint density at radius 3 is 2.90 bits per heavy atom. The van der Waals surface area contributed by atoms with Gasteiger partial charge in [0.05, 0.1) is 13.2 Å². The minimum Gasteiger partial charge on any atom is -0.379 e. The molecule has 2 amide bonds. The topological polar surface area (TPSA) is 44.8 Å². The van der Waals surface area contributed by atoms with Gasteiger partial charge in [0.25, 0.3) is 0 Å². The first-order valence-corrected chi connectivity index (χ1v) is 7.71. The highest BCUT2D eigenvalue weighted by atomic mass is 16.5. The largest absolute Gasteiger partial charge is 0.379 e. The van der Waals surface area contributed by atoms with Crippen molar-refractivity contribution in [2.45, 2.75) is 19.4 Å². The predicted octanol–water partition coefficient (Wildman–Crippen LogP) is 1.48. The maximum absolute atomic E-state index is 12.4. The van der Waals surface area contributed by atoms with E-state index in [1.54, 1.807) is 0 Å². The molecule has 0 spiro atoms. The lowest BCUT2D eigenvalue weighted by atomic mass is 10.1. The van der Waals surface area contributed by atoms with Crippen molar-refractivity contribution >= 4 is 11.7 Å². The van der Waals surface area contributed by atoms with Crippen LogP contribution in [0.1, 0.15) is 12.5 Å². The van der Waals surface area contributed by atoms with Crippen LogP contribution in [0.15, 0.2) is 24.3 Å². The van der Waals surface area contributed by atoms with Crippen molar-refractivity contribution in [3.8, 4) is 0 Å². The van der Waals surface area contributed by atoms with Gasteiger partial charge in [-0.15, -0.1) is 0 Å². The van der Waals surface area contributed by atoms with Gasteiger partial charge in [0.2, 0.25) is 0 Å². The lowest BCUT2D eigenvalue weighted by molar-refractivity contribution is 0.0387. The molecule has 3 rings (SSSR count). The fourth-order valence-electron chi connectivity index (χ4n) is 3.11. The van der Waals surface area contributed by atoms with Gasteiger partial charge >= 0.3 is 6.03 Å². The zero-order valence-electron chi connectivity index (χ0n) is 12.5. The summed E-state index contributed by atoms with van der Waals surface area (Å²) in [6.07, 6.45) is 0.938. The van der Waals surface area contributed by atoms with Gasteiger partial charge in [-0.05, 0) is 25.0 Å². The molecule has 0 radical (unpaired) electrons. The molecule has 114 valence electrons. The number of benzene rings is 1. The van der Waals surface area contributed by atoms with Gasteiger partial charge in [-0.3, -0.25) is 9.80 Å². The molecule has 2 aliphatic heterocycles. The second-order valence-electron chi connectivity index (χ2n) is 5.74. The first-order valence-electron chi connectivity index (χ1n) is 7.71. The zero-order valence-corrected chi connectivity index (χ0v) is 12.5. The number of ether oxygens (including phenoxy) is 1. The van der Waals surface area contributed by atoms with Crippen molar-refractivity contribution in [2.24, 2.45) is 0 Å². The van der Waals surface area contributed by atoms with Crippen LogP contribution in [0.25, 0.3) is 0 Å². The first-order chi connectivity index (χ1) is 10.3. The minimum atomic E-state index is 0.0145. The van der Waals surface area contributed by atoms with Crippen molar-refractivity contribution in [1.29, 1.82) is 0 Å². The Morgan fingerprint density at radius 2 is 2.10 bits per heavy atom. The summed E-state index contributed by atoms with van der Waals surface area (Å²) >= 11 is 0. The number of hydrogen-bond acceptors (Lipinski definition) is 3. The van der Waals surface area contributed by atoms with Gasteiger partial charge in [0.1, 0.15) is 0 Å². The summed E-state index contributed by atoms with van der Waals surface area (Å²) < 4.78 is 5.32. The van der Waals surface area contributed by atoms with Gasteiger partial charge in [0, 0.05) is 37.9 Å². The third kappa shape index (κ3) is 3.19. The highest BCUT2D eigenvalue weighted by Gasteiger charge is 2.30. The molecule has 2 aliphatic rings. The van der Waals surface area contributed by atoms with Crippen LogP contribution in [0.2, 0.25) is 0 Å². The maximum atomic E-state index is 12.4. The number of urea groups is 1. The van der Waals surface area contributed by atoms with E-state index < -0.39 is 0 Å². The summed E-state index contributed by atoms with van der Waals surface area (Å²) in [5.41, 5.74) is 2.31. The number of para-hydroxylation sites is 1. The fourth-order valence-corrected chi connectivity index (χ4v) is 3.11. The molecule has 1 aromatic rings. The standard InChI is InChI=1S/C16H23N3O2/c1-13-12-14-4-2-3-5-15(14)19(13)16(20)17-6-7-18-8-10-21-11-9-18/h2-5,13H,6-12H2,1H3,(H,17,20). The molecule has 1 fully saturated rings. The fraction of sp³-hybridized carbons (Fsp3) is 0.562. The number of hydrogen-bond donors (Lipinski definition) is 1. The predicted molar refractivity (Wildman–Crippen MR) is 82.7 cm³/mol. The van der Waals surface area contributed by atoms with Crippen molar-refractivity contribution in [2.75, 3.05) is 44.3 Å². The molecule has 2 heterocycles. The molecule has 1 aromatic carbocycles. The van der Waals surface area contributed by atoms with Crippen LogP contribution < -0.4 is 10.2 Å². The second kappa shape index (κ2) is 6.45. The molecule has 5 nitrogen and oxygen atoms in total. The quantitative estimate of drug-likeness (QED) is 0.917. The van der Waals surface area contributed by atoms with E-state index in [-0.39, 0.29) is 12.1 Å². The Morgan fingerprint density at radius 1 is 1.33 bits per heavy atom. The summed E-state index contributed by atoms with van der Waals surface area (Å²) in [7, 11) is 0. The number of nitrogens with zero attached hydrogens (tertiary/aromatic N) is 2. The van der Waals surface area contributed by atoms with Crippen LogP contribution >= 0.6 is 0 Å². The molecule has 1 atom stereocenters. The molecule has 1 unspecified atom stereocenters. The monoisotopic (exact) mass is 289 g/mol. The number of nitrogens with one attached hydrogen (secondary N) is 1. The number of anilines is 1. The van der Waals surface area contributed by atoms with Crippen molar-refractivity contribution < 1.29 is 9.53 Å². The normalized spacial score (nSPS) is 22.1. The number of amides is 2. The Hall–Kier alpha value is -1.59. The van der Waals surface area contributed by atoms with E-state index in [1.807, 2.05) is 23.1 Å². The van der Waals surface area contributed by atoms with Crippen LogP contribution in [0.4, 0.5) is 10.5 Å². The average molecular weight is 289 g/mol. The Kier molecular flexibility index (Phi) is 4.41. The van der Waals surface area contributed by atoms with E-state index in [1.165, 1.54) is 5.56 Å². The lowest BCUT2D eigenvalue weighted by Crippen LogP contribution is -2.47. The van der Waals surface area contributed by atoms with E-state index in [9.17, 15) is 4.79 Å². The highest BCUT2D eigenvalue weighted by molar-refractivity contribution is 5.94. The third-order valence-electron chi connectivity index (χ3n) is 4.23. The average Bonchev–Trinajstić information content (AvgIpc) is 2.84. The summed E-state index contributed by atoms with van der Waals surface area (Å²) in [5, 5.41) is 3.05. The van der Waals surface area contributed by atoms with Crippen LogP contribution in [0.3, 0.4) is 0 Å².